The quantitative estimate of drug-likeness (QED) is 0.173. The largest absolute Gasteiger partial charge is 0.464 e. The van der Waals surface area contributed by atoms with Crippen molar-refractivity contribution in [2.45, 2.75) is 128 Å². The summed E-state index contributed by atoms with van der Waals surface area (Å²) in [6.07, 6.45) is -0.509. The smallest absolute Gasteiger partial charge is 0.335 e. The maximum atomic E-state index is 12.9. The zero-order chi connectivity index (χ0) is 28.1. The molecule has 0 radical (unpaired) electrons. The topological polar surface area (TPSA) is 44.8 Å². The Labute approximate surface area is 230 Å². The average Bonchev–Trinajstić information content (AvgIpc) is 3.31. The van der Waals surface area contributed by atoms with Gasteiger partial charge in [-0.2, -0.15) is 0 Å². The van der Waals surface area contributed by atoms with Gasteiger partial charge in [-0.15, -0.1) is 5.54 Å². The Kier molecular flexibility index (Phi) is 11.1. The summed E-state index contributed by atoms with van der Waals surface area (Å²) in [6.45, 7) is 25.2. The summed E-state index contributed by atoms with van der Waals surface area (Å²) < 4.78 is 19.2. The zero-order valence-corrected chi connectivity index (χ0v) is 28.4. The Balaban J connectivity index is 2.64. The third-order valence-electron chi connectivity index (χ3n) is 9.22. The van der Waals surface area contributed by atoms with Gasteiger partial charge in [-0.1, -0.05) is 96.1 Å². The van der Waals surface area contributed by atoms with Crippen LogP contribution in [0.15, 0.2) is 30.3 Å². The van der Waals surface area contributed by atoms with Crippen molar-refractivity contribution < 1.29 is 18.7 Å². The number of carbonyl (C=O) groups excluding carboxylic acids is 1. The van der Waals surface area contributed by atoms with Crippen LogP contribution in [0.1, 0.15) is 54.9 Å². The summed E-state index contributed by atoms with van der Waals surface area (Å²) in [6, 6.07) is 14.2. The van der Waals surface area contributed by atoms with Gasteiger partial charge in [0.1, 0.15) is 14.2 Å². The van der Waals surface area contributed by atoms with Crippen LogP contribution in [0.25, 0.3) is 0 Å². The first kappa shape index (κ1) is 32.0. The molecule has 0 bridgehead atoms. The first-order valence-corrected chi connectivity index (χ1v) is 22.9. The molecule has 1 saturated heterocycles. The molecule has 0 aromatic heterocycles. The van der Waals surface area contributed by atoms with Gasteiger partial charge in [0, 0.05) is 0 Å². The number of ether oxygens (including phenoxy) is 2. The van der Waals surface area contributed by atoms with E-state index in [0.29, 0.717) is 13.0 Å². The molecule has 2 rings (SSSR count). The number of rotatable bonds is 10. The van der Waals surface area contributed by atoms with Crippen LogP contribution in [0.3, 0.4) is 0 Å². The lowest BCUT2D eigenvalue weighted by Gasteiger charge is -2.42. The van der Waals surface area contributed by atoms with Crippen LogP contribution >= 0.6 is 0 Å². The highest BCUT2D eigenvalue weighted by Gasteiger charge is 2.53. The number of hydrogen-bond acceptors (Lipinski definition) is 4. The third kappa shape index (κ3) is 7.48. The SMILES string of the molecule is CCOC(=O)[C@H]1C[C@@H]([Si](C)(C)c2ccccc2)[C@H]([C@@H](C#C[Si](CC)(CC)CC)O[Si](C)(C)C(C)(C)C)O1. The van der Waals surface area contributed by atoms with Crippen molar-refractivity contribution in [3.63, 3.8) is 0 Å². The summed E-state index contributed by atoms with van der Waals surface area (Å²) in [7, 11) is -5.92. The summed E-state index contributed by atoms with van der Waals surface area (Å²) >= 11 is 0. The van der Waals surface area contributed by atoms with E-state index in [-0.39, 0.29) is 28.8 Å². The molecule has 1 aliphatic rings. The molecule has 1 heterocycles. The molecule has 4 atom stereocenters. The van der Waals surface area contributed by atoms with Gasteiger partial charge < -0.3 is 13.9 Å². The van der Waals surface area contributed by atoms with Gasteiger partial charge in [-0.3, -0.25) is 0 Å². The third-order valence-corrected chi connectivity index (χ3v) is 22.6. The highest BCUT2D eigenvalue weighted by Crippen LogP contribution is 2.44. The van der Waals surface area contributed by atoms with E-state index in [9.17, 15) is 4.79 Å². The lowest BCUT2D eigenvalue weighted by atomic mass is 10.1. The van der Waals surface area contributed by atoms with E-state index < -0.39 is 30.6 Å². The molecule has 1 aliphatic heterocycles. The second-order valence-electron chi connectivity index (χ2n) is 12.7. The van der Waals surface area contributed by atoms with E-state index in [0.717, 1.165) is 18.1 Å². The molecule has 37 heavy (non-hydrogen) atoms. The highest BCUT2D eigenvalue weighted by molar-refractivity contribution is 6.91. The molecule has 0 saturated carbocycles. The first-order chi connectivity index (χ1) is 17.2. The van der Waals surface area contributed by atoms with Crippen LogP contribution in [0.4, 0.5) is 0 Å². The second-order valence-corrected chi connectivity index (χ2v) is 27.1. The molecule has 7 heteroatoms. The van der Waals surface area contributed by atoms with Crippen molar-refractivity contribution in [1.82, 2.24) is 0 Å². The predicted octanol–water partition coefficient (Wildman–Crippen LogP) is 7.13. The van der Waals surface area contributed by atoms with Crippen LogP contribution < -0.4 is 5.19 Å². The predicted molar refractivity (Wildman–Crippen MR) is 164 cm³/mol. The molecule has 4 nitrogen and oxygen atoms in total. The van der Waals surface area contributed by atoms with Crippen LogP contribution in [0.5, 0.6) is 0 Å². The van der Waals surface area contributed by atoms with Crippen molar-refractivity contribution in [2.75, 3.05) is 6.61 Å². The Hall–Kier alpha value is -1.18. The number of carbonyl (C=O) groups is 1. The summed E-state index contributed by atoms with van der Waals surface area (Å²) in [5, 5.41) is 1.42. The van der Waals surface area contributed by atoms with Crippen LogP contribution in [-0.4, -0.2) is 55.4 Å². The van der Waals surface area contributed by atoms with Crippen molar-refractivity contribution in [3.8, 4) is 11.5 Å². The molecule has 0 spiro atoms. The maximum Gasteiger partial charge on any atom is 0.335 e. The van der Waals surface area contributed by atoms with E-state index in [4.69, 9.17) is 13.9 Å². The number of benzene rings is 1. The van der Waals surface area contributed by atoms with E-state index in [2.05, 4.69) is 110 Å². The Morgan fingerprint density at radius 1 is 1.03 bits per heavy atom. The minimum absolute atomic E-state index is 0.0444. The Morgan fingerprint density at radius 3 is 2.08 bits per heavy atom. The van der Waals surface area contributed by atoms with Crippen molar-refractivity contribution in [3.05, 3.63) is 30.3 Å². The fourth-order valence-corrected chi connectivity index (χ4v) is 12.1. The zero-order valence-electron chi connectivity index (χ0n) is 25.4. The van der Waals surface area contributed by atoms with Gasteiger partial charge >= 0.3 is 5.97 Å². The summed E-state index contributed by atoms with van der Waals surface area (Å²) in [4.78, 5) is 12.9. The van der Waals surface area contributed by atoms with E-state index in [1.165, 1.54) is 5.19 Å². The highest BCUT2D eigenvalue weighted by atomic mass is 28.4. The molecule has 0 unspecified atom stereocenters. The second kappa shape index (κ2) is 12.8. The first-order valence-electron chi connectivity index (χ1n) is 14.3. The monoisotopic (exact) mass is 560 g/mol. The van der Waals surface area contributed by atoms with Crippen LogP contribution in [0, 0.1) is 11.5 Å². The number of esters is 1. The lowest BCUT2D eigenvalue weighted by molar-refractivity contribution is -0.157. The normalized spacial score (nSPS) is 21.8. The standard InChI is InChI=1S/C30H52O4Si3/c1-12-32-29(31)26-23-27(35(8,9)24-19-17-16-18-20-24)28(33-26)25(34-36(10,11)30(5,6)7)21-22-37(13-2,14-3)15-4/h16-20,25-28H,12-15,23H2,1-11H3/t25-,26-,27-,28+/m1/s1. The molecule has 1 aromatic rings. The molecule has 0 aliphatic carbocycles. The molecular weight excluding hydrogens is 509 g/mol. The Bertz CT molecular complexity index is 931. The maximum absolute atomic E-state index is 12.9. The minimum atomic E-state index is -2.16. The van der Waals surface area contributed by atoms with E-state index in [1.54, 1.807) is 0 Å². The molecule has 0 amide bonds. The number of hydrogen-bond donors (Lipinski definition) is 0. The molecule has 208 valence electrons. The fraction of sp³-hybridized carbons (Fsp3) is 0.700. The summed E-state index contributed by atoms with van der Waals surface area (Å²) in [5.41, 5.74) is 4.01. The molecule has 1 aromatic carbocycles. The molecule has 0 N–H and O–H groups in total. The van der Waals surface area contributed by atoms with E-state index >= 15 is 0 Å². The fourth-order valence-electron chi connectivity index (χ4n) is 5.07. The van der Waals surface area contributed by atoms with Crippen LogP contribution in [0.2, 0.25) is 54.9 Å². The van der Waals surface area contributed by atoms with Gasteiger partial charge in [0.25, 0.3) is 0 Å². The average molecular weight is 561 g/mol. The molecule has 1 fully saturated rings. The lowest BCUT2D eigenvalue weighted by Crippen LogP contribution is -2.53. The van der Waals surface area contributed by atoms with Crippen molar-refractivity contribution in [1.29, 1.82) is 0 Å². The van der Waals surface area contributed by atoms with Crippen molar-refractivity contribution >= 4 is 35.6 Å². The van der Waals surface area contributed by atoms with Gasteiger partial charge in [0.05, 0.1) is 20.8 Å². The van der Waals surface area contributed by atoms with E-state index in [1.807, 2.05) is 6.92 Å². The minimum Gasteiger partial charge on any atom is -0.464 e. The van der Waals surface area contributed by atoms with Crippen molar-refractivity contribution in [2.24, 2.45) is 0 Å². The summed E-state index contributed by atoms with van der Waals surface area (Å²) in [5.74, 6) is 3.44. The van der Waals surface area contributed by atoms with Gasteiger partial charge in [-0.05, 0) is 55.2 Å². The molecular formula is C30H52O4Si3. The van der Waals surface area contributed by atoms with Gasteiger partial charge in [-0.25, -0.2) is 4.79 Å². The van der Waals surface area contributed by atoms with Crippen LogP contribution in [-0.2, 0) is 18.7 Å². The van der Waals surface area contributed by atoms with Gasteiger partial charge in [0.2, 0.25) is 0 Å². The van der Waals surface area contributed by atoms with Gasteiger partial charge in [0.15, 0.2) is 14.4 Å². The Morgan fingerprint density at radius 2 is 1.59 bits per heavy atom.